The second-order valence-electron chi connectivity index (χ2n) is 6.72. The highest BCUT2D eigenvalue weighted by molar-refractivity contribution is 5.79. The molecule has 1 atom stereocenters. The zero-order chi connectivity index (χ0) is 18.5. The molecule has 0 bridgehead atoms. The number of imidazole rings is 1. The summed E-state index contributed by atoms with van der Waals surface area (Å²) < 4.78 is 13.3. The van der Waals surface area contributed by atoms with E-state index >= 15 is 0 Å². The van der Waals surface area contributed by atoms with Crippen molar-refractivity contribution in [3.05, 3.63) is 18.2 Å². The second-order valence-corrected chi connectivity index (χ2v) is 6.72. The second kappa shape index (κ2) is 12.7. The van der Waals surface area contributed by atoms with E-state index in [1.807, 2.05) is 19.3 Å². The molecule has 1 aromatic heterocycles. The van der Waals surface area contributed by atoms with E-state index in [9.17, 15) is 0 Å². The largest absolute Gasteiger partial charge is 0.381 e. The van der Waals surface area contributed by atoms with Crippen LogP contribution in [0.25, 0.3) is 0 Å². The van der Waals surface area contributed by atoms with Crippen molar-refractivity contribution in [3.63, 3.8) is 0 Å². The maximum absolute atomic E-state index is 5.72. The molecule has 7 heteroatoms. The first-order valence-corrected chi connectivity index (χ1v) is 9.95. The lowest BCUT2D eigenvalue weighted by Gasteiger charge is -2.12. The fourth-order valence-electron chi connectivity index (χ4n) is 2.92. The minimum absolute atomic E-state index is 0.587. The number of aliphatic imine (C=N–C) groups is 1. The first-order valence-electron chi connectivity index (χ1n) is 9.95. The molecular formula is C19H35N5O2. The molecule has 0 amide bonds. The molecule has 0 aromatic carbocycles. The third kappa shape index (κ3) is 8.19. The van der Waals surface area contributed by atoms with Crippen LogP contribution in [0.15, 0.2) is 17.4 Å². The van der Waals surface area contributed by atoms with Crippen molar-refractivity contribution in [2.75, 3.05) is 46.1 Å². The van der Waals surface area contributed by atoms with Crippen molar-refractivity contribution < 1.29 is 9.47 Å². The monoisotopic (exact) mass is 365 g/mol. The van der Waals surface area contributed by atoms with Gasteiger partial charge >= 0.3 is 0 Å². The van der Waals surface area contributed by atoms with Gasteiger partial charge < -0.3 is 24.7 Å². The Morgan fingerprint density at radius 1 is 1.38 bits per heavy atom. The topological polar surface area (TPSA) is 72.7 Å². The number of aryl methyl sites for hydroxylation is 2. The Bertz CT molecular complexity index is 512. The highest BCUT2D eigenvalue weighted by Crippen LogP contribution is 2.12. The summed E-state index contributed by atoms with van der Waals surface area (Å²) in [5.41, 5.74) is 0. The van der Waals surface area contributed by atoms with Crippen LogP contribution in [0.3, 0.4) is 0 Å². The minimum Gasteiger partial charge on any atom is -0.381 e. The van der Waals surface area contributed by atoms with Gasteiger partial charge in [-0.15, -0.1) is 0 Å². The highest BCUT2D eigenvalue weighted by Gasteiger charge is 2.15. The van der Waals surface area contributed by atoms with Crippen LogP contribution in [0.1, 0.15) is 38.4 Å². The van der Waals surface area contributed by atoms with Gasteiger partial charge in [-0.05, 0) is 39.5 Å². The molecule has 1 aliphatic heterocycles. The van der Waals surface area contributed by atoms with Crippen molar-refractivity contribution in [1.29, 1.82) is 0 Å². The quantitative estimate of drug-likeness (QED) is 0.337. The van der Waals surface area contributed by atoms with E-state index in [1.165, 1.54) is 0 Å². The van der Waals surface area contributed by atoms with Crippen LogP contribution in [0.4, 0.5) is 0 Å². The van der Waals surface area contributed by atoms with Crippen molar-refractivity contribution >= 4 is 5.96 Å². The van der Waals surface area contributed by atoms with Gasteiger partial charge in [-0.2, -0.15) is 0 Å². The lowest BCUT2D eigenvalue weighted by Crippen LogP contribution is -2.38. The summed E-state index contributed by atoms with van der Waals surface area (Å²) in [6.07, 6.45) is 8.21. The molecule has 0 saturated carbocycles. The van der Waals surface area contributed by atoms with Crippen molar-refractivity contribution in [2.45, 2.75) is 46.1 Å². The molecule has 0 radical (unpaired) electrons. The molecule has 26 heavy (non-hydrogen) atoms. The molecular weight excluding hydrogens is 330 g/mol. The summed E-state index contributed by atoms with van der Waals surface area (Å²) in [6, 6.07) is 0. The summed E-state index contributed by atoms with van der Waals surface area (Å²) in [4.78, 5) is 8.87. The van der Waals surface area contributed by atoms with Gasteiger partial charge in [0.1, 0.15) is 5.82 Å². The summed E-state index contributed by atoms with van der Waals surface area (Å²) >= 11 is 0. The average molecular weight is 366 g/mol. The number of hydrogen-bond acceptors (Lipinski definition) is 4. The molecule has 1 saturated heterocycles. The molecule has 1 aromatic rings. The molecule has 1 fully saturated rings. The lowest BCUT2D eigenvalue weighted by atomic mass is 10.1. The van der Waals surface area contributed by atoms with E-state index in [2.05, 4.69) is 32.1 Å². The Balaban J connectivity index is 1.51. The van der Waals surface area contributed by atoms with Crippen molar-refractivity contribution in [1.82, 2.24) is 20.2 Å². The van der Waals surface area contributed by atoms with Crippen LogP contribution in [-0.4, -0.2) is 61.6 Å². The highest BCUT2D eigenvalue weighted by atomic mass is 16.5. The van der Waals surface area contributed by atoms with Crippen LogP contribution in [0, 0.1) is 12.8 Å². The van der Waals surface area contributed by atoms with Crippen LogP contribution >= 0.6 is 0 Å². The molecule has 1 aliphatic rings. The Kier molecular flexibility index (Phi) is 10.1. The minimum atomic E-state index is 0.587. The number of rotatable bonds is 12. The Morgan fingerprint density at radius 2 is 2.31 bits per heavy atom. The SMILES string of the molecule is CCNC(=NCCCOCC1CCOC1)NCCCCn1ccnc1C. The van der Waals surface area contributed by atoms with Gasteiger partial charge in [0, 0.05) is 57.7 Å². The van der Waals surface area contributed by atoms with E-state index in [4.69, 9.17) is 9.47 Å². The summed E-state index contributed by atoms with van der Waals surface area (Å²) in [7, 11) is 0. The summed E-state index contributed by atoms with van der Waals surface area (Å²) in [5.74, 6) is 2.56. The van der Waals surface area contributed by atoms with Crippen molar-refractivity contribution in [3.8, 4) is 0 Å². The normalized spacial score (nSPS) is 17.6. The first kappa shape index (κ1) is 20.7. The number of guanidine groups is 1. The molecule has 2 N–H and O–H groups in total. The lowest BCUT2D eigenvalue weighted by molar-refractivity contribution is 0.0893. The molecule has 7 nitrogen and oxygen atoms in total. The van der Waals surface area contributed by atoms with Gasteiger partial charge in [0.05, 0.1) is 13.2 Å². The van der Waals surface area contributed by atoms with Crippen LogP contribution < -0.4 is 10.6 Å². The molecule has 2 heterocycles. The van der Waals surface area contributed by atoms with Gasteiger partial charge in [-0.25, -0.2) is 4.98 Å². The van der Waals surface area contributed by atoms with Gasteiger partial charge in [0.25, 0.3) is 0 Å². The molecule has 2 rings (SSSR count). The number of unbranched alkanes of at least 4 members (excludes halogenated alkanes) is 1. The third-order valence-corrected chi connectivity index (χ3v) is 4.48. The third-order valence-electron chi connectivity index (χ3n) is 4.48. The fraction of sp³-hybridized carbons (Fsp3) is 0.789. The maximum Gasteiger partial charge on any atom is 0.191 e. The van der Waals surface area contributed by atoms with Gasteiger partial charge in [-0.3, -0.25) is 4.99 Å². The van der Waals surface area contributed by atoms with E-state index in [0.29, 0.717) is 5.92 Å². The van der Waals surface area contributed by atoms with E-state index in [0.717, 1.165) is 90.1 Å². The number of nitrogens with one attached hydrogen (secondary N) is 2. The van der Waals surface area contributed by atoms with Gasteiger partial charge in [0.15, 0.2) is 5.96 Å². The Morgan fingerprint density at radius 3 is 3.04 bits per heavy atom. The molecule has 148 valence electrons. The van der Waals surface area contributed by atoms with Crippen LogP contribution in [-0.2, 0) is 16.0 Å². The molecule has 1 unspecified atom stereocenters. The summed E-state index contributed by atoms with van der Waals surface area (Å²) in [5, 5.41) is 6.71. The zero-order valence-electron chi connectivity index (χ0n) is 16.4. The van der Waals surface area contributed by atoms with Crippen molar-refractivity contribution in [2.24, 2.45) is 10.9 Å². The van der Waals surface area contributed by atoms with Crippen LogP contribution in [0.5, 0.6) is 0 Å². The molecule has 0 spiro atoms. The van der Waals surface area contributed by atoms with Crippen LogP contribution in [0.2, 0.25) is 0 Å². The predicted octanol–water partition coefficient (Wildman–Crippen LogP) is 1.97. The molecule has 0 aliphatic carbocycles. The Hall–Kier alpha value is -1.60. The average Bonchev–Trinajstić information content (AvgIpc) is 3.29. The smallest absolute Gasteiger partial charge is 0.191 e. The first-order chi connectivity index (χ1) is 12.8. The number of hydrogen-bond donors (Lipinski definition) is 2. The summed E-state index contributed by atoms with van der Waals surface area (Å²) in [6.45, 7) is 11.1. The van der Waals surface area contributed by atoms with Gasteiger partial charge in [0.2, 0.25) is 0 Å². The zero-order valence-corrected chi connectivity index (χ0v) is 16.4. The van der Waals surface area contributed by atoms with E-state index < -0.39 is 0 Å². The van der Waals surface area contributed by atoms with Gasteiger partial charge in [-0.1, -0.05) is 0 Å². The number of ether oxygens (including phenoxy) is 2. The number of aromatic nitrogens is 2. The predicted molar refractivity (Wildman–Crippen MR) is 105 cm³/mol. The van der Waals surface area contributed by atoms with E-state index in [1.54, 1.807) is 0 Å². The Labute approximate surface area is 157 Å². The standard InChI is InChI=1S/C19H35N5O2/c1-3-20-19(22-8-4-5-11-24-12-10-21-17(24)2)23-9-6-13-25-15-18-7-14-26-16-18/h10,12,18H,3-9,11,13-16H2,1-2H3,(H2,20,22,23). The number of nitrogens with zero attached hydrogens (tertiary/aromatic N) is 3. The maximum atomic E-state index is 5.72. The fourth-order valence-corrected chi connectivity index (χ4v) is 2.92. The van der Waals surface area contributed by atoms with E-state index in [-0.39, 0.29) is 0 Å².